The SMILES string of the molecule is COCCOC(=O)c1ccc(N)cc1C. The molecular weight excluding hydrogens is 194 g/mol. The van der Waals surface area contributed by atoms with E-state index in [4.69, 9.17) is 15.2 Å². The highest BCUT2D eigenvalue weighted by Gasteiger charge is 2.09. The third-order valence-electron chi connectivity index (χ3n) is 1.99. The van der Waals surface area contributed by atoms with Crippen LogP contribution >= 0.6 is 0 Å². The number of benzene rings is 1. The monoisotopic (exact) mass is 209 g/mol. The molecule has 1 aromatic rings. The number of hydrogen-bond acceptors (Lipinski definition) is 4. The largest absolute Gasteiger partial charge is 0.460 e. The Hall–Kier alpha value is -1.55. The van der Waals surface area contributed by atoms with Gasteiger partial charge in [0.25, 0.3) is 0 Å². The van der Waals surface area contributed by atoms with E-state index in [0.717, 1.165) is 5.56 Å². The molecule has 1 rings (SSSR count). The van der Waals surface area contributed by atoms with Crippen LogP contribution in [0.15, 0.2) is 18.2 Å². The number of ether oxygens (including phenoxy) is 2. The molecule has 0 atom stereocenters. The second-order valence-corrected chi connectivity index (χ2v) is 3.20. The van der Waals surface area contributed by atoms with Crippen LogP contribution in [0.2, 0.25) is 0 Å². The average molecular weight is 209 g/mol. The molecule has 0 aliphatic carbocycles. The molecule has 2 N–H and O–H groups in total. The van der Waals surface area contributed by atoms with E-state index in [1.165, 1.54) is 0 Å². The summed E-state index contributed by atoms with van der Waals surface area (Å²) in [5, 5.41) is 0. The Morgan fingerprint density at radius 3 is 2.73 bits per heavy atom. The molecule has 0 aromatic heterocycles. The third-order valence-corrected chi connectivity index (χ3v) is 1.99. The average Bonchev–Trinajstić information content (AvgIpc) is 2.17. The Balaban J connectivity index is 2.65. The molecule has 15 heavy (non-hydrogen) atoms. The Morgan fingerprint density at radius 2 is 2.13 bits per heavy atom. The van der Waals surface area contributed by atoms with E-state index in [2.05, 4.69) is 0 Å². The van der Waals surface area contributed by atoms with Gasteiger partial charge in [0.1, 0.15) is 6.61 Å². The molecule has 82 valence electrons. The van der Waals surface area contributed by atoms with Gasteiger partial charge in [-0.3, -0.25) is 0 Å². The van der Waals surface area contributed by atoms with Crippen LogP contribution in [0.3, 0.4) is 0 Å². The Morgan fingerprint density at radius 1 is 1.40 bits per heavy atom. The molecule has 0 heterocycles. The Bertz CT molecular complexity index is 350. The summed E-state index contributed by atoms with van der Waals surface area (Å²) in [6, 6.07) is 5.09. The van der Waals surface area contributed by atoms with Crippen LogP contribution in [0.5, 0.6) is 0 Å². The van der Waals surface area contributed by atoms with Crippen LogP contribution in [-0.2, 0) is 9.47 Å². The van der Waals surface area contributed by atoms with Gasteiger partial charge in [0.15, 0.2) is 0 Å². The molecule has 0 unspecified atom stereocenters. The fourth-order valence-corrected chi connectivity index (χ4v) is 1.21. The number of rotatable bonds is 4. The van der Waals surface area contributed by atoms with Crippen LogP contribution in [0.1, 0.15) is 15.9 Å². The minimum absolute atomic E-state index is 0.263. The van der Waals surface area contributed by atoms with Crippen molar-refractivity contribution in [2.45, 2.75) is 6.92 Å². The van der Waals surface area contributed by atoms with Gasteiger partial charge in [-0.2, -0.15) is 0 Å². The zero-order chi connectivity index (χ0) is 11.3. The zero-order valence-corrected chi connectivity index (χ0v) is 8.95. The van der Waals surface area contributed by atoms with Crippen molar-refractivity contribution in [3.8, 4) is 0 Å². The van der Waals surface area contributed by atoms with E-state index in [1.807, 2.05) is 6.92 Å². The van der Waals surface area contributed by atoms with Crippen molar-refractivity contribution in [1.82, 2.24) is 0 Å². The number of carbonyl (C=O) groups is 1. The number of carbonyl (C=O) groups excluding carboxylic acids is 1. The highest BCUT2D eigenvalue weighted by Crippen LogP contribution is 2.13. The maximum Gasteiger partial charge on any atom is 0.338 e. The summed E-state index contributed by atoms with van der Waals surface area (Å²) in [7, 11) is 1.56. The summed E-state index contributed by atoms with van der Waals surface area (Å²) >= 11 is 0. The van der Waals surface area contributed by atoms with Gasteiger partial charge in [0.05, 0.1) is 12.2 Å². The zero-order valence-electron chi connectivity index (χ0n) is 8.95. The van der Waals surface area contributed by atoms with Crippen molar-refractivity contribution in [2.24, 2.45) is 0 Å². The quantitative estimate of drug-likeness (QED) is 0.462. The summed E-state index contributed by atoms with van der Waals surface area (Å²) in [6.07, 6.45) is 0. The molecule has 0 amide bonds. The first-order valence-corrected chi connectivity index (χ1v) is 4.67. The molecule has 0 aliphatic heterocycles. The number of esters is 1. The molecule has 0 fully saturated rings. The summed E-state index contributed by atoms with van der Waals surface area (Å²) in [4.78, 5) is 11.5. The lowest BCUT2D eigenvalue weighted by atomic mass is 10.1. The normalized spacial score (nSPS) is 10.0. The van der Waals surface area contributed by atoms with Gasteiger partial charge >= 0.3 is 5.97 Å². The fourth-order valence-electron chi connectivity index (χ4n) is 1.21. The number of nitrogens with two attached hydrogens (primary N) is 1. The van der Waals surface area contributed by atoms with E-state index in [-0.39, 0.29) is 12.6 Å². The van der Waals surface area contributed by atoms with E-state index in [9.17, 15) is 4.79 Å². The molecule has 0 saturated heterocycles. The lowest BCUT2D eigenvalue weighted by Crippen LogP contribution is -2.11. The van der Waals surface area contributed by atoms with Crippen LogP contribution < -0.4 is 5.73 Å². The van der Waals surface area contributed by atoms with E-state index >= 15 is 0 Å². The van der Waals surface area contributed by atoms with Crippen molar-refractivity contribution in [3.63, 3.8) is 0 Å². The number of nitrogen functional groups attached to an aromatic ring is 1. The predicted molar refractivity (Wildman–Crippen MR) is 57.7 cm³/mol. The van der Waals surface area contributed by atoms with E-state index in [0.29, 0.717) is 17.9 Å². The molecule has 0 spiro atoms. The molecule has 1 aromatic carbocycles. The summed E-state index contributed by atoms with van der Waals surface area (Å²) in [5.41, 5.74) is 7.58. The lowest BCUT2D eigenvalue weighted by molar-refractivity contribution is 0.0387. The smallest absolute Gasteiger partial charge is 0.338 e. The topological polar surface area (TPSA) is 61.5 Å². The summed E-state index contributed by atoms with van der Waals surface area (Å²) in [6.45, 7) is 2.49. The molecule has 4 heteroatoms. The number of aryl methyl sites for hydroxylation is 1. The Kier molecular flexibility index (Phi) is 4.12. The second kappa shape index (κ2) is 5.36. The van der Waals surface area contributed by atoms with Crippen LogP contribution in [0.4, 0.5) is 5.69 Å². The maximum absolute atomic E-state index is 11.5. The van der Waals surface area contributed by atoms with Gasteiger partial charge in [-0.1, -0.05) is 0 Å². The third kappa shape index (κ3) is 3.25. The summed E-state index contributed by atoms with van der Waals surface area (Å²) in [5.74, 6) is -0.343. The molecule has 0 bridgehead atoms. The lowest BCUT2D eigenvalue weighted by Gasteiger charge is -2.07. The van der Waals surface area contributed by atoms with Crippen molar-refractivity contribution in [1.29, 1.82) is 0 Å². The van der Waals surface area contributed by atoms with Gasteiger partial charge in [0, 0.05) is 12.8 Å². The van der Waals surface area contributed by atoms with E-state index in [1.54, 1.807) is 25.3 Å². The highest BCUT2D eigenvalue weighted by molar-refractivity contribution is 5.91. The van der Waals surface area contributed by atoms with Crippen LogP contribution in [0, 0.1) is 6.92 Å². The van der Waals surface area contributed by atoms with Crippen molar-refractivity contribution in [3.05, 3.63) is 29.3 Å². The number of methoxy groups -OCH3 is 1. The second-order valence-electron chi connectivity index (χ2n) is 3.20. The molecule has 4 nitrogen and oxygen atoms in total. The first kappa shape index (κ1) is 11.5. The van der Waals surface area contributed by atoms with Gasteiger partial charge < -0.3 is 15.2 Å². The van der Waals surface area contributed by atoms with Gasteiger partial charge in [0.2, 0.25) is 0 Å². The number of anilines is 1. The predicted octanol–water partition coefficient (Wildman–Crippen LogP) is 1.38. The molecule has 0 radical (unpaired) electrons. The highest BCUT2D eigenvalue weighted by atomic mass is 16.6. The van der Waals surface area contributed by atoms with Crippen LogP contribution in [-0.4, -0.2) is 26.3 Å². The van der Waals surface area contributed by atoms with Gasteiger partial charge in [-0.15, -0.1) is 0 Å². The van der Waals surface area contributed by atoms with Crippen molar-refractivity contribution in [2.75, 3.05) is 26.1 Å². The van der Waals surface area contributed by atoms with Gasteiger partial charge in [-0.05, 0) is 30.7 Å². The van der Waals surface area contributed by atoms with E-state index < -0.39 is 0 Å². The molecule has 0 saturated carbocycles. The minimum Gasteiger partial charge on any atom is -0.460 e. The van der Waals surface area contributed by atoms with Crippen LogP contribution in [0.25, 0.3) is 0 Å². The summed E-state index contributed by atoms with van der Waals surface area (Å²) < 4.78 is 9.76. The van der Waals surface area contributed by atoms with Gasteiger partial charge in [-0.25, -0.2) is 4.79 Å². The molecular formula is C11H15NO3. The Labute approximate surface area is 89.0 Å². The first-order chi connectivity index (χ1) is 7.15. The number of hydrogen-bond donors (Lipinski definition) is 1. The van der Waals surface area contributed by atoms with Crippen molar-refractivity contribution >= 4 is 11.7 Å². The molecule has 0 aliphatic rings. The maximum atomic E-state index is 11.5. The first-order valence-electron chi connectivity index (χ1n) is 4.67. The van der Waals surface area contributed by atoms with Crippen molar-refractivity contribution < 1.29 is 14.3 Å². The minimum atomic E-state index is -0.343. The standard InChI is InChI=1S/C11H15NO3/c1-8-7-9(12)3-4-10(8)11(13)15-6-5-14-2/h3-4,7H,5-6,12H2,1-2H3. The fraction of sp³-hybridized carbons (Fsp3) is 0.364.